The lowest BCUT2D eigenvalue weighted by Gasteiger charge is -2.22. The molecule has 0 spiro atoms. The summed E-state index contributed by atoms with van der Waals surface area (Å²) in [7, 11) is 0. The van der Waals surface area contributed by atoms with E-state index in [1.807, 2.05) is 24.3 Å². The molecule has 1 heterocycles. The Morgan fingerprint density at radius 3 is 2.71 bits per heavy atom. The molecule has 6 heteroatoms. The smallest absolute Gasteiger partial charge is 0.256 e. The number of hydrazine groups is 1. The number of carbonyl (C=O) groups is 1. The van der Waals surface area contributed by atoms with Crippen molar-refractivity contribution in [1.82, 2.24) is 9.88 Å². The van der Waals surface area contributed by atoms with Crippen molar-refractivity contribution in [3.8, 4) is 0 Å². The molecule has 1 saturated carbocycles. The first-order valence-corrected chi connectivity index (χ1v) is 7.02. The average Bonchev–Trinajstić information content (AvgIpc) is 3.35. The number of pyridine rings is 1. The van der Waals surface area contributed by atoms with Gasteiger partial charge in [-0.2, -0.15) is 0 Å². The van der Waals surface area contributed by atoms with Gasteiger partial charge in [0.15, 0.2) is 0 Å². The molecule has 1 fully saturated rings. The maximum atomic E-state index is 12.8. The van der Waals surface area contributed by atoms with Gasteiger partial charge in [-0.25, -0.2) is 10.8 Å². The van der Waals surface area contributed by atoms with Crippen LogP contribution in [-0.4, -0.2) is 40.1 Å². The molecule has 2 aromatic rings. The van der Waals surface area contributed by atoms with Crippen LogP contribution in [0.2, 0.25) is 0 Å². The summed E-state index contributed by atoms with van der Waals surface area (Å²) in [6, 6.07) is 7.77. The second kappa shape index (κ2) is 5.67. The molecule has 1 aliphatic carbocycles. The van der Waals surface area contributed by atoms with E-state index in [9.17, 15) is 4.79 Å². The van der Waals surface area contributed by atoms with Gasteiger partial charge in [-0.3, -0.25) is 4.79 Å². The Morgan fingerprint density at radius 2 is 2.10 bits per heavy atom. The minimum atomic E-state index is -0.0844. The molecule has 0 atom stereocenters. The van der Waals surface area contributed by atoms with Crippen LogP contribution in [0.4, 0.5) is 5.82 Å². The number of fused-ring (bicyclic) bond motifs is 1. The monoisotopic (exact) mass is 286 g/mol. The molecule has 3 rings (SSSR count). The summed E-state index contributed by atoms with van der Waals surface area (Å²) < 4.78 is 0. The number of aliphatic hydroxyl groups excluding tert-OH is 1. The minimum Gasteiger partial charge on any atom is -0.395 e. The zero-order valence-electron chi connectivity index (χ0n) is 11.6. The predicted octanol–water partition coefficient (Wildman–Crippen LogP) is 1.12. The van der Waals surface area contributed by atoms with Crippen molar-refractivity contribution < 1.29 is 9.90 Å². The third-order valence-corrected chi connectivity index (χ3v) is 3.75. The molecule has 0 bridgehead atoms. The number of benzene rings is 1. The van der Waals surface area contributed by atoms with Crippen molar-refractivity contribution in [1.29, 1.82) is 0 Å². The van der Waals surface area contributed by atoms with Crippen molar-refractivity contribution in [3.63, 3.8) is 0 Å². The van der Waals surface area contributed by atoms with Gasteiger partial charge in [-0.15, -0.1) is 0 Å². The first-order chi connectivity index (χ1) is 10.3. The highest BCUT2D eigenvalue weighted by Gasteiger charge is 2.33. The number of carbonyl (C=O) groups excluding carboxylic acids is 1. The standard InChI is InChI=1S/C15H18N4O2/c16-18-14-12-4-2-1-3-11(12)13(9-17-14)15(21)19(7-8-20)10-5-6-10/h1-4,9-10,20H,5-8,16H2,(H,17,18). The number of hydrogen-bond donors (Lipinski definition) is 3. The number of nitrogens with two attached hydrogens (primary N) is 1. The number of amides is 1. The summed E-state index contributed by atoms with van der Waals surface area (Å²) in [6.45, 7) is 0.324. The van der Waals surface area contributed by atoms with Crippen LogP contribution in [0.15, 0.2) is 30.5 Å². The third-order valence-electron chi connectivity index (χ3n) is 3.75. The maximum absolute atomic E-state index is 12.8. The minimum absolute atomic E-state index is 0.0317. The lowest BCUT2D eigenvalue weighted by atomic mass is 10.1. The molecule has 6 nitrogen and oxygen atoms in total. The average molecular weight is 286 g/mol. The lowest BCUT2D eigenvalue weighted by Crippen LogP contribution is -2.35. The van der Waals surface area contributed by atoms with Gasteiger partial charge in [0.2, 0.25) is 0 Å². The molecule has 0 aliphatic heterocycles. The van der Waals surface area contributed by atoms with E-state index in [0.29, 0.717) is 17.9 Å². The Morgan fingerprint density at radius 1 is 1.38 bits per heavy atom. The fourth-order valence-electron chi connectivity index (χ4n) is 2.58. The van der Waals surface area contributed by atoms with Gasteiger partial charge in [0.1, 0.15) is 5.82 Å². The molecule has 1 aromatic carbocycles. The molecular weight excluding hydrogens is 268 g/mol. The number of nitrogens with one attached hydrogen (secondary N) is 1. The molecule has 1 amide bonds. The van der Waals surface area contributed by atoms with E-state index in [0.717, 1.165) is 23.6 Å². The molecule has 1 aliphatic rings. The number of aromatic nitrogens is 1. The number of nitrogen functional groups attached to an aromatic ring is 1. The fourth-order valence-corrected chi connectivity index (χ4v) is 2.58. The number of nitrogens with zero attached hydrogens (tertiary/aromatic N) is 2. The van der Waals surface area contributed by atoms with Crippen LogP contribution in [0.5, 0.6) is 0 Å². The maximum Gasteiger partial charge on any atom is 0.256 e. The van der Waals surface area contributed by atoms with Gasteiger partial charge in [0, 0.05) is 24.2 Å². The zero-order chi connectivity index (χ0) is 14.8. The normalized spacial score (nSPS) is 14.2. The Kier molecular flexibility index (Phi) is 3.72. The van der Waals surface area contributed by atoms with Crippen LogP contribution in [-0.2, 0) is 0 Å². The van der Waals surface area contributed by atoms with E-state index in [1.165, 1.54) is 0 Å². The second-order valence-corrected chi connectivity index (χ2v) is 5.16. The van der Waals surface area contributed by atoms with Gasteiger partial charge in [-0.05, 0) is 18.2 Å². The van der Waals surface area contributed by atoms with Crippen molar-refractivity contribution in [3.05, 3.63) is 36.0 Å². The van der Waals surface area contributed by atoms with Gasteiger partial charge >= 0.3 is 0 Å². The summed E-state index contributed by atoms with van der Waals surface area (Å²) in [4.78, 5) is 18.7. The number of rotatable bonds is 5. The summed E-state index contributed by atoms with van der Waals surface area (Å²) in [5.74, 6) is 5.93. The van der Waals surface area contributed by atoms with Crippen LogP contribution in [0, 0.1) is 0 Å². The zero-order valence-corrected chi connectivity index (χ0v) is 11.6. The summed E-state index contributed by atoms with van der Waals surface area (Å²) in [5, 5.41) is 10.8. The fraction of sp³-hybridized carbons (Fsp3) is 0.333. The van der Waals surface area contributed by atoms with E-state index < -0.39 is 0 Å². The van der Waals surface area contributed by atoms with E-state index in [4.69, 9.17) is 10.9 Å². The number of aliphatic hydroxyl groups is 1. The van der Waals surface area contributed by atoms with Crippen LogP contribution >= 0.6 is 0 Å². The van der Waals surface area contributed by atoms with Gasteiger partial charge in [0.25, 0.3) is 5.91 Å². The van der Waals surface area contributed by atoms with Crippen LogP contribution in [0.25, 0.3) is 10.8 Å². The molecular formula is C15H18N4O2. The van der Waals surface area contributed by atoms with E-state index in [-0.39, 0.29) is 18.6 Å². The van der Waals surface area contributed by atoms with Gasteiger partial charge in [0.05, 0.1) is 12.2 Å². The van der Waals surface area contributed by atoms with Crippen LogP contribution in [0.3, 0.4) is 0 Å². The first-order valence-electron chi connectivity index (χ1n) is 7.02. The lowest BCUT2D eigenvalue weighted by molar-refractivity contribution is 0.0709. The Bertz CT molecular complexity index is 670. The van der Waals surface area contributed by atoms with E-state index in [1.54, 1.807) is 11.1 Å². The Labute approximate surface area is 122 Å². The van der Waals surface area contributed by atoms with E-state index in [2.05, 4.69) is 10.4 Å². The van der Waals surface area contributed by atoms with Gasteiger partial charge < -0.3 is 15.4 Å². The van der Waals surface area contributed by atoms with Gasteiger partial charge in [-0.1, -0.05) is 24.3 Å². The highest BCUT2D eigenvalue weighted by molar-refractivity contribution is 6.09. The van der Waals surface area contributed by atoms with Crippen molar-refractivity contribution >= 4 is 22.5 Å². The molecule has 21 heavy (non-hydrogen) atoms. The molecule has 4 N–H and O–H groups in total. The SMILES string of the molecule is NNc1ncc(C(=O)N(CCO)C2CC2)c2ccccc12. The molecule has 0 unspecified atom stereocenters. The summed E-state index contributed by atoms with van der Waals surface area (Å²) in [6.07, 6.45) is 3.55. The van der Waals surface area contributed by atoms with Crippen molar-refractivity contribution in [2.24, 2.45) is 5.84 Å². The molecule has 1 aromatic heterocycles. The second-order valence-electron chi connectivity index (χ2n) is 5.16. The number of anilines is 1. The third kappa shape index (κ3) is 2.55. The summed E-state index contributed by atoms with van der Waals surface area (Å²) in [5.41, 5.74) is 3.10. The highest BCUT2D eigenvalue weighted by Crippen LogP contribution is 2.30. The quantitative estimate of drug-likeness (QED) is 0.566. The molecule has 0 saturated heterocycles. The predicted molar refractivity (Wildman–Crippen MR) is 80.7 cm³/mol. The van der Waals surface area contributed by atoms with Crippen molar-refractivity contribution in [2.45, 2.75) is 18.9 Å². The first kappa shape index (κ1) is 13.8. The Balaban J connectivity index is 2.05. The molecule has 110 valence electrons. The molecule has 0 radical (unpaired) electrons. The number of hydrogen-bond acceptors (Lipinski definition) is 5. The van der Waals surface area contributed by atoms with Crippen LogP contribution < -0.4 is 11.3 Å². The topological polar surface area (TPSA) is 91.5 Å². The van der Waals surface area contributed by atoms with Crippen LogP contribution in [0.1, 0.15) is 23.2 Å². The Hall–Kier alpha value is -2.18. The van der Waals surface area contributed by atoms with E-state index >= 15 is 0 Å². The highest BCUT2D eigenvalue weighted by atomic mass is 16.3. The van der Waals surface area contributed by atoms with Crippen molar-refractivity contribution in [2.75, 3.05) is 18.6 Å². The largest absolute Gasteiger partial charge is 0.395 e. The summed E-state index contributed by atoms with van der Waals surface area (Å²) >= 11 is 0.